The van der Waals surface area contributed by atoms with E-state index >= 15 is 0 Å². The first kappa shape index (κ1) is 17.5. The Hall–Kier alpha value is -3.07. The molecule has 2 heterocycles. The summed E-state index contributed by atoms with van der Waals surface area (Å²) in [6.45, 7) is 0. The average molecular weight is 419 g/mol. The van der Waals surface area contributed by atoms with Crippen molar-refractivity contribution in [2.24, 2.45) is 24.3 Å². The number of aryl methyl sites for hydroxylation is 1. The van der Waals surface area contributed by atoms with Gasteiger partial charge in [-0.3, -0.25) is 0 Å². The Morgan fingerprint density at radius 2 is 1.75 bits per heavy atom. The third-order valence-corrected chi connectivity index (χ3v) is 9.06. The van der Waals surface area contributed by atoms with E-state index in [1.807, 2.05) is 12.1 Å². The molecule has 0 N–H and O–H groups in total. The Morgan fingerprint density at radius 3 is 2.72 bits per heavy atom. The Morgan fingerprint density at radius 1 is 0.906 bits per heavy atom. The van der Waals surface area contributed by atoms with Gasteiger partial charge in [-0.05, 0) is 90.8 Å². The van der Waals surface area contributed by atoms with Crippen LogP contribution in [-0.4, -0.2) is 9.55 Å². The summed E-state index contributed by atoms with van der Waals surface area (Å²) in [5, 5.41) is 2.36. The zero-order chi connectivity index (χ0) is 21.0. The first-order chi connectivity index (χ1) is 15.7. The molecule has 3 aliphatic rings. The molecule has 2 aromatic heterocycles. The standard InChI is InChI=1S/C29H26N2O/c1-31-25-11-8-18(19-7-9-22-21-4-2-3-5-26(21)32-27(22)14-19)13-24(25)30-28(31)23-10-6-17-12-20-16-29(20,23)15-17/h2-5,7-9,11,13-14,17,20,23H,6,10,12,15-16H2,1H3/t17-,20+,23?,29-/m0/s1. The molecule has 3 saturated carbocycles. The summed E-state index contributed by atoms with van der Waals surface area (Å²) in [5.41, 5.74) is 7.25. The van der Waals surface area contributed by atoms with Crippen LogP contribution in [0, 0.1) is 17.3 Å². The lowest BCUT2D eigenvalue weighted by Crippen LogP contribution is -2.23. The van der Waals surface area contributed by atoms with Crippen molar-refractivity contribution in [1.82, 2.24) is 9.55 Å². The molecule has 3 nitrogen and oxygen atoms in total. The van der Waals surface area contributed by atoms with Crippen LogP contribution in [0.5, 0.6) is 0 Å². The molecule has 5 aromatic rings. The molecule has 0 aliphatic heterocycles. The van der Waals surface area contributed by atoms with Crippen LogP contribution in [0.25, 0.3) is 44.1 Å². The lowest BCUT2D eigenvalue weighted by Gasteiger charge is -2.32. The second kappa shape index (κ2) is 5.83. The van der Waals surface area contributed by atoms with Crippen LogP contribution < -0.4 is 0 Å². The van der Waals surface area contributed by atoms with Gasteiger partial charge >= 0.3 is 0 Å². The van der Waals surface area contributed by atoms with Gasteiger partial charge in [0, 0.05) is 23.7 Å². The number of fused-ring (bicyclic) bond motifs is 5. The van der Waals surface area contributed by atoms with E-state index < -0.39 is 0 Å². The van der Waals surface area contributed by atoms with Gasteiger partial charge < -0.3 is 8.98 Å². The van der Waals surface area contributed by atoms with E-state index in [0.29, 0.717) is 11.3 Å². The van der Waals surface area contributed by atoms with Crippen LogP contribution in [0.15, 0.2) is 65.1 Å². The number of nitrogens with zero attached hydrogens (tertiary/aromatic N) is 2. The topological polar surface area (TPSA) is 31.0 Å². The monoisotopic (exact) mass is 418 g/mol. The van der Waals surface area contributed by atoms with E-state index in [-0.39, 0.29) is 0 Å². The van der Waals surface area contributed by atoms with Crippen LogP contribution in [0.4, 0.5) is 0 Å². The highest BCUT2D eigenvalue weighted by molar-refractivity contribution is 6.06. The Labute approximate surface area is 187 Å². The van der Waals surface area contributed by atoms with E-state index in [0.717, 1.165) is 28.5 Å². The quantitative estimate of drug-likeness (QED) is 0.298. The predicted octanol–water partition coefficient (Wildman–Crippen LogP) is 7.43. The van der Waals surface area contributed by atoms with E-state index in [1.54, 1.807) is 0 Å². The van der Waals surface area contributed by atoms with Crippen LogP contribution >= 0.6 is 0 Å². The van der Waals surface area contributed by atoms with Crippen molar-refractivity contribution in [3.63, 3.8) is 0 Å². The molecule has 8 rings (SSSR count). The van der Waals surface area contributed by atoms with Crippen LogP contribution in [0.3, 0.4) is 0 Å². The molecule has 0 radical (unpaired) electrons. The molecule has 3 heteroatoms. The molecule has 0 saturated heterocycles. The number of rotatable bonds is 2. The van der Waals surface area contributed by atoms with Crippen LogP contribution in [-0.2, 0) is 7.05 Å². The summed E-state index contributed by atoms with van der Waals surface area (Å²) >= 11 is 0. The van der Waals surface area contributed by atoms with Gasteiger partial charge in [-0.2, -0.15) is 0 Å². The number of aromatic nitrogens is 2. The van der Waals surface area contributed by atoms with E-state index in [2.05, 4.69) is 60.1 Å². The van der Waals surface area contributed by atoms with Gasteiger partial charge in [-0.15, -0.1) is 0 Å². The molecule has 1 spiro atoms. The number of para-hydroxylation sites is 1. The molecule has 2 bridgehead atoms. The number of furan rings is 1. The largest absolute Gasteiger partial charge is 0.456 e. The van der Waals surface area contributed by atoms with Crippen molar-refractivity contribution in [3.8, 4) is 11.1 Å². The maximum absolute atomic E-state index is 6.13. The minimum Gasteiger partial charge on any atom is -0.456 e. The molecule has 158 valence electrons. The number of hydrogen-bond donors (Lipinski definition) is 0. The molecule has 0 amide bonds. The molecule has 3 fully saturated rings. The summed E-state index contributed by atoms with van der Waals surface area (Å²) in [6, 6.07) is 21.6. The number of imidazole rings is 1. The summed E-state index contributed by atoms with van der Waals surface area (Å²) in [6.07, 6.45) is 7.10. The normalized spacial score (nSPS) is 28.6. The van der Waals surface area contributed by atoms with Crippen molar-refractivity contribution in [3.05, 3.63) is 66.5 Å². The molecule has 3 aliphatic carbocycles. The van der Waals surface area contributed by atoms with Gasteiger partial charge in [0.25, 0.3) is 0 Å². The van der Waals surface area contributed by atoms with E-state index in [1.165, 1.54) is 65.3 Å². The SMILES string of the molecule is Cn1c(C2CC[C@H]3C[C@@H]4C[C@]24C3)nc2cc(-c3ccc4c(c3)oc3ccccc34)ccc21. The zero-order valence-corrected chi connectivity index (χ0v) is 18.3. The van der Waals surface area contributed by atoms with Gasteiger partial charge in [-0.25, -0.2) is 4.98 Å². The maximum Gasteiger partial charge on any atom is 0.136 e. The molecule has 3 aromatic carbocycles. The Bertz CT molecular complexity index is 1560. The fraction of sp³-hybridized carbons (Fsp3) is 0.345. The van der Waals surface area contributed by atoms with Crippen molar-refractivity contribution in [2.75, 3.05) is 0 Å². The van der Waals surface area contributed by atoms with Crippen LogP contribution in [0.1, 0.15) is 43.8 Å². The van der Waals surface area contributed by atoms with E-state index in [9.17, 15) is 0 Å². The van der Waals surface area contributed by atoms with E-state index in [4.69, 9.17) is 9.40 Å². The zero-order valence-electron chi connectivity index (χ0n) is 18.3. The molecule has 4 atom stereocenters. The highest BCUT2D eigenvalue weighted by atomic mass is 16.3. The second-order valence-electron chi connectivity index (χ2n) is 10.6. The molecule has 32 heavy (non-hydrogen) atoms. The Kier molecular flexibility index (Phi) is 3.19. The fourth-order valence-corrected chi connectivity index (χ4v) is 7.47. The average Bonchev–Trinajstić information content (AvgIpc) is 3.09. The molecule has 1 unspecified atom stereocenters. The predicted molar refractivity (Wildman–Crippen MR) is 129 cm³/mol. The smallest absolute Gasteiger partial charge is 0.136 e. The highest BCUT2D eigenvalue weighted by Crippen LogP contribution is 2.75. The summed E-state index contributed by atoms with van der Waals surface area (Å²) < 4.78 is 8.51. The maximum atomic E-state index is 6.13. The lowest BCUT2D eigenvalue weighted by molar-refractivity contribution is 0.246. The van der Waals surface area contributed by atoms with Gasteiger partial charge in [-0.1, -0.05) is 30.3 Å². The third-order valence-electron chi connectivity index (χ3n) is 9.06. The van der Waals surface area contributed by atoms with Crippen molar-refractivity contribution in [1.29, 1.82) is 0 Å². The highest BCUT2D eigenvalue weighted by Gasteiger charge is 2.66. The van der Waals surface area contributed by atoms with Crippen molar-refractivity contribution >= 4 is 33.0 Å². The minimum atomic E-state index is 0.590. The summed E-state index contributed by atoms with van der Waals surface area (Å²) in [4.78, 5) is 5.25. The van der Waals surface area contributed by atoms with Gasteiger partial charge in [0.15, 0.2) is 0 Å². The van der Waals surface area contributed by atoms with Gasteiger partial charge in [0.05, 0.1) is 11.0 Å². The van der Waals surface area contributed by atoms with Gasteiger partial charge in [0.2, 0.25) is 0 Å². The Balaban J connectivity index is 1.23. The fourth-order valence-electron chi connectivity index (χ4n) is 7.47. The van der Waals surface area contributed by atoms with Crippen molar-refractivity contribution in [2.45, 2.75) is 38.0 Å². The first-order valence-electron chi connectivity index (χ1n) is 12.1. The first-order valence-corrected chi connectivity index (χ1v) is 12.1. The lowest BCUT2D eigenvalue weighted by atomic mass is 9.74. The van der Waals surface area contributed by atoms with Crippen LogP contribution in [0.2, 0.25) is 0 Å². The molecular weight excluding hydrogens is 392 g/mol. The van der Waals surface area contributed by atoms with Crippen molar-refractivity contribution < 1.29 is 4.42 Å². The molecular formula is C29H26N2O. The third kappa shape index (κ3) is 2.19. The minimum absolute atomic E-state index is 0.590. The van der Waals surface area contributed by atoms with Gasteiger partial charge in [0.1, 0.15) is 17.0 Å². The number of hydrogen-bond acceptors (Lipinski definition) is 2. The summed E-state index contributed by atoms with van der Waals surface area (Å²) in [5.74, 6) is 3.96. The summed E-state index contributed by atoms with van der Waals surface area (Å²) in [7, 11) is 2.22. The second-order valence-corrected chi connectivity index (χ2v) is 10.6. The number of benzene rings is 3.